The molecule has 4 aromatic rings. The quantitative estimate of drug-likeness (QED) is 0.382. The second kappa shape index (κ2) is 8.44. The topological polar surface area (TPSA) is 97.9 Å². The first-order chi connectivity index (χ1) is 16.0. The zero-order valence-corrected chi connectivity index (χ0v) is 18.7. The molecular formula is C25H26FN5O2. The molecule has 0 saturated heterocycles. The van der Waals surface area contributed by atoms with Gasteiger partial charge in [-0.05, 0) is 60.3 Å². The van der Waals surface area contributed by atoms with Crippen molar-refractivity contribution in [1.82, 2.24) is 25.1 Å². The maximum absolute atomic E-state index is 14.1. The van der Waals surface area contributed by atoms with Gasteiger partial charge in [-0.25, -0.2) is 9.37 Å². The number of nitrogens with zero attached hydrogens (tertiary/aromatic N) is 3. The van der Waals surface area contributed by atoms with Crippen LogP contribution in [0.15, 0.2) is 30.3 Å². The molecule has 7 nitrogen and oxygen atoms in total. The number of halogens is 1. The van der Waals surface area contributed by atoms with Gasteiger partial charge >= 0.3 is 0 Å². The molecule has 2 aromatic carbocycles. The number of benzene rings is 2. The van der Waals surface area contributed by atoms with Crippen molar-refractivity contribution >= 4 is 17.2 Å². The highest BCUT2D eigenvalue weighted by Crippen LogP contribution is 2.34. The smallest absolute Gasteiger partial charge is 0.165 e. The fraction of sp³-hybridized carbons (Fsp3) is 0.320. The molecule has 0 saturated carbocycles. The first-order valence-corrected chi connectivity index (χ1v) is 11.3. The summed E-state index contributed by atoms with van der Waals surface area (Å²) in [4.78, 5) is 21.9. The van der Waals surface area contributed by atoms with E-state index in [9.17, 15) is 14.3 Å². The summed E-state index contributed by atoms with van der Waals surface area (Å²) in [5.74, 6) is -0.303. The summed E-state index contributed by atoms with van der Waals surface area (Å²) in [6, 6.07) is 8.53. The van der Waals surface area contributed by atoms with E-state index < -0.39 is 5.82 Å². The Morgan fingerprint density at radius 3 is 2.88 bits per heavy atom. The van der Waals surface area contributed by atoms with Crippen LogP contribution in [0, 0.1) is 5.82 Å². The third-order valence-electron chi connectivity index (χ3n) is 6.42. The minimum Gasteiger partial charge on any atom is -0.505 e. The van der Waals surface area contributed by atoms with E-state index in [4.69, 9.17) is 4.98 Å². The van der Waals surface area contributed by atoms with E-state index in [1.165, 1.54) is 12.1 Å². The number of carbonyl (C=O) groups excluding carboxylic acids is 1. The molecule has 0 fully saturated rings. The number of fused-ring (bicyclic) bond motifs is 2. The van der Waals surface area contributed by atoms with E-state index in [0.29, 0.717) is 30.9 Å². The van der Waals surface area contributed by atoms with E-state index in [1.807, 2.05) is 25.1 Å². The highest BCUT2D eigenvalue weighted by molar-refractivity contribution is 5.94. The molecule has 0 bridgehead atoms. The second-order valence-electron chi connectivity index (χ2n) is 8.54. The summed E-state index contributed by atoms with van der Waals surface area (Å²) in [5.41, 5.74) is 5.92. The van der Waals surface area contributed by atoms with Crippen LogP contribution in [0.25, 0.3) is 33.5 Å². The molecule has 3 heterocycles. The van der Waals surface area contributed by atoms with Crippen LogP contribution in [0.4, 0.5) is 4.39 Å². The number of nitrogens with one attached hydrogen (secondary N) is 2. The number of phenols is 1. The molecule has 170 valence electrons. The number of aromatic nitrogens is 4. The lowest BCUT2D eigenvalue weighted by Gasteiger charge is -2.31. The minimum absolute atomic E-state index is 0.148. The molecule has 5 rings (SSSR count). The summed E-state index contributed by atoms with van der Waals surface area (Å²) in [6.07, 6.45) is 3.26. The molecule has 33 heavy (non-hydrogen) atoms. The van der Waals surface area contributed by atoms with Crippen LogP contribution >= 0.6 is 0 Å². The number of rotatable bonds is 6. The predicted octanol–water partition coefficient (Wildman–Crippen LogP) is 4.36. The number of aryl methyl sites for hydroxylation is 1. The van der Waals surface area contributed by atoms with Crippen LogP contribution in [-0.4, -0.2) is 49.0 Å². The summed E-state index contributed by atoms with van der Waals surface area (Å²) in [7, 11) is 0. The number of imidazole rings is 1. The maximum Gasteiger partial charge on any atom is 0.165 e. The Hall–Kier alpha value is -3.52. The van der Waals surface area contributed by atoms with Crippen molar-refractivity contribution in [2.45, 2.75) is 45.7 Å². The fourth-order valence-corrected chi connectivity index (χ4v) is 4.71. The van der Waals surface area contributed by atoms with Gasteiger partial charge < -0.3 is 14.9 Å². The molecule has 2 aromatic heterocycles. The van der Waals surface area contributed by atoms with Gasteiger partial charge in [0.1, 0.15) is 12.0 Å². The van der Waals surface area contributed by atoms with Crippen LogP contribution in [0.2, 0.25) is 0 Å². The highest BCUT2D eigenvalue weighted by atomic mass is 19.1. The molecule has 1 unspecified atom stereocenters. The first-order valence-electron chi connectivity index (χ1n) is 11.3. The van der Waals surface area contributed by atoms with Gasteiger partial charge in [-0.3, -0.25) is 10.00 Å². The van der Waals surface area contributed by atoms with Crippen molar-refractivity contribution in [3.05, 3.63) is 53.1 Å². The van der Waals surface area contributed by atoms with Crippen molar-refractivity contribution in [2.75, 3.05) is 6.54 Å². The molecule has 0 aliphatic carbocycles. The average molecular weight is 448 g/mol. The zero-order chi connectivity index (χ0) is 23.1. The Bertz CT molecular complexity index is 1340. The van der Waals surface area contributed by atoms with Gasteiger partial charge in [-0.15, -0.1) is 0 Å². The number of hydrogen-bond acceptors (Lipinski definition) is 5. The molecule has 1 aliphatic rings. The molecule has 1 aliphatic heterocycles. The van der Waals surface area contributed by atoms with Crippen molar-refractivity contribution < 1.29 is 14.3 Å². The summed E-state index contributed by atoms with van der Waals surface area (Å²) < 4.78 is 14.1. The Balaban J connectivity index is 1.51. The molecule has 8 heteroatoms. The number of aromatic hydroxyl groups is 1. The molecule has 0 radical (unpaired) electrons. The molecule has 0 amide bonds. The number of aldehydes is 1. The third kappa shape index (κ3) is 3.70. The van der Waals surface area contributed by atoms with Crippen LogP contribution in [-0.2, 0) is 24.2 Å². The summed E-state index contributed by atoms with van der Waals surface area (Å²) in [5, 5.41) is 18.2. The normalized spacial score (nSPS) is 16.3. The van der Waals surface area contributed by atoms with Gasteiger partial charge in [0.25, 0.3) is 0 Å². The van der Waals surface area contributed by atoms with Gasteiger partial charge in [0.2, 0.25) is 0 Å². The standard InChI is InChI=1S/C25H26FN5O2/c1-3-7-31-12-22-21(10-16(31)13-32)27-25(28-22)24-17-6-5-15(8-20(17)29-30-24)18-11-19(26)23(33)9-14(18)4-2/h5-6,8-9,11,13,16,33H,3-4,7,10,12H2,1-2H3,(H,27,28)(H,29,30). The number of H-pyrrole nitrogens is 2. The molecular weight excluding hydrogens is 421 g/mol. The highest BCUT2D eigenvalue weighted by Gasteiger charge is 2.29. The largest absolute Gasteiger partial charge is 0.505 e. The van der Waals surface area contributed by atoms with Gasteiger partial charge in [-0.1, -0.05) is 19.9 Å². The first kappa shape index (κ1) is 21.3. The predicted molar refractivity (Wildman–Crippen MR) is 124 cm³/mol. The van der Waals surface area contributed by atoms with Crippen molar-refractivity contribution in [1.29, 1.82) is 0 Å². The van der Waals surface area contributed by atoms with Gasteiger partial charge in [0, 0.05) is 18.4 Å². The molecule has 0 spiro atoms. The van der Waals surface area contributed by atoms with Crippen molar-refractivity contribution in [2.24, 2.45) is 0 Å². The Labute approximate surface area is 190 Å². The van der Waals surface area contributed by atoms with Crippen LogP contribution in [0.1, 0.15) is 37.2 Å². The van der Waals surface area contributed by atoms with E-state index in [-0.39, 0.29) is 11.8 Å². The minimum atomic E-state index is -0.639. The Kier molecular flexibility index (Phi) is 5.46. The number of phenolic OH excluding ortho intramolecular Hbond substituents is 1. The maximum atomic E-state index is 14.1. The van der Waals surface area contributed by atoms with E-state index in [2.05, 4.69) is 27.0 Å². The van der Waals surface area contributed by atoms with Gasteiger partial charge in [0.05, 0.1) is 22.9 Å². The number of hydrogen-bond donors (Lipinski definition) is 3. The van der Waals surface area contributed by atoms with Crippen LogP contribution < -0.4 is 0 Å². The Morgan fingerprint density at radius 2 is 2.12 bits per heavy atom. The lowest BCUT2D eigenvalue weighted by Crippen LogP contribution is -2.41. The zero-order valence-electron chi connectivity index (χ0n) is 18.7. The van der Waals surface area contributed by atoms with Crippen LogP contribution in [0.3, 0.4) is 0 Å². The molecule has 1 atom stereocenters. The van der Waals surface area contributed by atoms with Gasteiger partial charge in [0.15, 0.2) is 17.4 Å². The monoisotopic (exact) mass is 447 g/mol. The summed E-state index contributed by atoms with van der Waals surface area (Å²) >= 11 is 0. The lowest BCUT2D eigenvalue weighted by atomic mass is 9.96. The molecule has 3 N–H and O–H groups in total. The Morgan fingerprint density at radius 1 is 1.27 bits per heavy atom. The number of carbonyl (C=O) groups is 1. The second-order valence-corrected chi connectivity index (χ2v) is 8.54. The third-order valence-corrected chi connectivity index (χ3v) is 6.42. The van der Waals surface area contributed by atoms with E-state index in [1.54, 1.807) is 0 Å². The fourth-order valence-electron chi connectivity index (χ4n) is 4.71. The number of aromatic amines is 2. The SMILES string of the molecule is CCCN1Cc2[nH]c(-c3n[nH]c4cc(-c5cc(F)c(O)cc5CC)ccc34)nc2CC1C=O. The van der Waals surface area contributed by atoms with E-state index >= 15 is 0 Å². The summed E-state index contributed by atoms with van der Waals surface area (Å²) in [6.45, 7) is 5.61. The lowest BCUT2D eigenvalue weighted by molar-refractivity contribution is -0.113. The average Bonchev–Trinajstić information content (AvgIpc) is 3.43. The van der Waals surface area contributed by atoms with E-state index in [0.717, 1.165) is 58.2 Å². The van der Waals surface area contributed by atoms with Gasteiger partial charge in [-0.2, -0.15) is 5.10 Å². The van der Waals surface area contributed by atoms with Crippen molar-refractivity contribution in [3.8, 4) is 28.4 Å². The van der Waals surface area contributed by atoms with Crippen LogP contribution in [0.5, 0.6) is 5.75 Å². The van der Waals surface area contributed by atoms with Crippen molar-refractivity contribution in [3.63, 3.8) is 0 Å².